The summed E-state index contributed by atoms with van der Waals surface area (Å²) in [7, 11) is 1.90. The molecule has 2 fully saturated rings. The molecule has 2 N–H and O–H groups in total. The zero-order valence-electron chi connectivity index (χ0n) is 19.8. The maximum absolute atomic E-state index is 12.8. The molecule has 1 aliphatic carbocycles. The van der Waals surface area contributed by atoms with E-state index < -0.39 is 17.6 Å². The van der Waals surface area contributed by atoms with Gasteiger partial charge >= 0.3 is 6.18 Å². The van der Waals surface area contributed by atoms with Crippen molar-refractivity contribution in [3.8, 4) is 11.4 Å². The number of alkyl halides is 3. The molecule has 1 spiro atoms. The van der Waals surface area contributed by atoms with Gasteiger partial charge in [-0.25, -0.2) is 0 Å². The molecule has 1 amide bonds. The molecule has 1 aromatic carbocycles. The third kappa shape index (κ3) is 4.99. The normalized spacial score (nSPS) is 21.8. The Morgan fingerprint density at radius 3 is 2.64 bits per heavy atom. The molecule has 1 saturated heterocycles. The predicted octanol–water partition coefficient (Wildman–Crippen LogP) is 4.36. The second-order valence-corrected chi connectivity index (χ2v) is 10.7. The zero-order chi connectivity index (χ0) is 25.5. The van der Waals surface area contributed by atoms with Gasteiger partial charge in [0.1, 0.15) is 5.69 Å². The van der Waals surface area contributed by atoms with Crippen LogP contribution >= 0.6 is 11.8 Å². The van der Waals surface area contributed by atoms with Gasteiger partial charge in [-0.3, -0.25) is 9.78 Å². The van der Waals surface area contributed by atoms with E-state index in [-0.39, 0.29) is 11.1 Å². The topological polar surface area (TPSA) is 89.9 Å². The first-order valence-electron chi connectivity index (χ1n) is 11.8. The highest BCUT2D eigenvalue weighted by Crippen LogP contribution is 2.64. The van der Waals surface area contributed by atoms with E-state index in [1.807, 2.05) is 11.6 Å². The van der Waals surface area contributed by atoms with Crippen molar-refractivity contribution in [2.24, 2.45) is 18.2 Å². The molecule has 3 aromatic rings. The molecule has 11 heteroatoms. The highest BCUT2D eigenvalue weighted by Gasteiger charge is 2.57. The van der Waals surface area contributed by atoms with Gasteiger partial charge in [0.05, 0.1) is 5.56 Å². The maximum Gasteiger partial charge on any atom is 0.416 e. The lowest BCUT2D eigenvalue weighted by molar-refractivity contribution is -0.137. The van der Waals surface area contributed by atoms with Crippen LogP contribution in [0.2, 0.25) is 0 Å². The van der Waals surface area contributed by atoms with Gasteiger partial charge in [-0.15, -0.1) is 10.2 Å². The number of hydrogen-bond acceptors (Lipinski definition) is 6. The van der Waals surface area contributed by atoms with Crippen LogP contribution in [0.5, 0.6) is 0 Å². The smallest absolute Gasteiger partial charge is 0.364 e. The SMILES string of the molecule is Cn1c(SCCCN2CC[C@@]3(C[C@@H]3c3ccc(C(F)(F)F)cc3)C2)nnc1-c1ccc(C(N)=O)nc1. The molecule has 2 aromatic heterocycles. The Morgan fingerprint density at radius 2 is 1.97 bits per heavy atom. The van der Waals surface area contributed by atoms with E-state index in [4.69, 9.17) is 5.73 Å². The van der Waals surface area contributed by atoms with Crippen molar-refractivity contribution in [1.29, 1.82) is 0 Å². The Labute approximate surface area is 211 Å². The van der Waals surface area contributed by atoms with Crippen molar-refractivity contribution in [2.45, 2.75) is 36.5 Å². The third-order valence-corrected chi connectivity index (χ3v) is 8.36. The van der Waals surface area contributed by atoms with Crippen LogP contribution < -0.4 is 5.73 Å². The number of nitrogens with zero attached hydrogens (tertiary/aromatic N) is 5. The van der Waals surface area contributed by atoms with Crippen LogP contribution in [-0.2, 0) is 13.2 Å². The van der Waals surface area contributed by atoms with E-state index in [0.29, 0.717) is 11.7 Å². The number of carbonyl (C=O) groups is 1. The van der Waals surface area contributed by atoms with Crippen LogP contribution in [-0.4, -0.2) is 55.9 Å². The van der Waals surface area contributed by atoms with Crippen molar-refractivity contribution >= 4 is 17.7 Å². The Kier molecular flexibility index (Phi) is 6.54. The molecule has 7 nitrogen and oxygen atoms in total. The molecular weight excluding hydrogens is 489 g/mol. The number of primary amides is 1. The average Bonchev–Trinajstić information content (AvgIpc) is 3.20. The standard InChI is InChI=1S/C25H27F3N6OS/c1-33-22(17-5-8-20(21(29)35)30-14-17)31-32-23(33)36-12-2-10-34-11-9-24(15-34)13-19(24)16-3-6-18(7-4-16)25(26,27)28/h3-8,14,19H,2,9-13,15H2,1H3,(H2,29,35)/t19-,24-/m1/s1. The van der Waals surface area contributed by atoms with E-state index in [9.17, 15) is 18.0 Å². The number of benzene rings is 1. The van der Waals surface area contributed by atoms with Gasteiger partial charge < -0.3 is 15.2 Å². The first-order valence-corrected chi connectivity index (χ1v) is 12.8. The maximum atomic E-state index is 12.8. The number of hydrogen-bond donors (Lipinski definition) is 1. The number of likely N-dealkylation sites (tertiary alicyclic amines) is 1. The summed E-state index contributed by atoms with van der Waals surface area (Å²) in [5.74, 6) is 1.36. The van der Waals surface area contributed by atoms with Crippen molar-refractivity contribution in [1.82, 2.24) is 24.6 Å². The molecule has 5 rings (SSSR count). The van der Waals surface area contributed by atoms with E-state index in [0.717, 1.165) is 60.9 Å². The lowest BCUT2D eigenvalue weighted by Crippen LogP contribution is -2.23. The van der Waals surface area contributed by atoms with Gasteiger partial charge in [0.25, 0.3) is 5.91 Å². The molecule has 0 bridgehead atoms. The lowest BCUT2D eigenvalue weighted by atomic mass is 9.97. The Morgan fingerprint density at radius 1 is 1.19 bits per heavy atom. The second kappa shape index (κ2) is 9.51. The van der Waals surface area contributed by atoms with Gasteiger partial charge in [-0.1, -0.05) is 23.9 Å². The summed E-state index contributed by atoms with van der Waals surface area (Å²) in [6, 6.07) is 9.04. The number of amides is 1. The van der Waals surface area contributed by atoms with E-state index in [1.165, 1.54) is 12.1 Å². The van der Waals surface area contributed by atoms with E-state index in [1.54, 1.807) is 42.2 Å². The number of carbonyl (C=O) groups excluding carboxylic acids is 1. The minimum Gasteiger partial charge on any atom is -0.364 e. The number of rotatable bonds is 8. The summed E-state index contributed by atoms with van der Waals surface area (Å²) < 4.78 is 40.4. The Balaban J connectivity index is 1.09. The molecule has 0 unspecified atom stereocenters. The molecule has 3 heterocycles. The van der Waals surface area contributed by atoms with Gasteiger partial charge in [-0.05, 0) is 73.5 Å². The largest absolute Gasteiger partial charge is 0.416 e. The first kappa shape index (κ1) is 24.8. The van der Waals surface area contributed by atoms with Crippen LogP contribution in [0, 0.1) is 5.41 Å². The fourth-order valence-corrected chi connectivity index (χ4v) is 6.00. The molecule has 1 saturated carbocycles. The summed E-state index contributed by atoms with van der Waals surface area (Å²) in [6.07, 6.45) is 0.436. The van der Waals surface area contributed by atoms with Crippen molar-refractivity contribution in [3.05, 3.63) is 59.4 Å². The lowest BCUT2D eigenvalue weighted by Gasteiger charge is -2.16. The van der Waals surface area contributed by atoms with Crippen LogP contribution in [0.15, 0.2) is 47.8 Å². The van der Waals surface area contributed by atoms with Crippen molar-refractivity contribution in [3.63, 3.8) is 0 Å². The van der Waals surface area contributed by atoms with E-state index >= 15 is 0 Å². The highest BCUT2D eigenvalue weighted by molar-refractivity contribution is 7.99. The highest BCUT2D eigenvalue weighted by atomic mass is 32.2. The predicted molar refractivity (Wildman–Crippen MR) is 130 cm³/mol. The first-order chi connectivity index (χ1) is 17.2. The average molecular weight is 517 g/mol. The number of aromatic nitrogens is 4. The fourth-order valence-electron chi connectivity index (χ4n) is 5.17. The molecule has 190 valence electrons. The monoisotopic (exact) mass is 516 g/mol. The number of pyridine rings is 1. The number of nitrogens with two attached hydrogens (primary N) is 1. The molecular formula is C25H27F3N6OS. The van der Waals surface area contributed by atoms with Gasteiger partial charge in [0.15, 0.2) is 11.0 Å². The fraction of sp³-hybridized carbons (Fsp3) is 0.440. The summed E-state index contributed by atoms with van der Waals surface area (Å²) in [5, 5.41) is 9.36. The van der Waals surface area contributed by atoms with Gasteiger partial charge in [0, 0.05) is 31.1 Å². The van der Waals surface area contributed by atoms with Crippen molar-refractivity contribution < 1.29 is 18.0 Å². The van der Waals surface area contributed by atoms with Gasteiger partial charge in [-0.2, -0.15) is 13.2 Å². The van der Waals surface area contributed by atoms with Crippen molar-refractivity contribution in [2.75, 3.05) is 25.4 Å². The van der Waals surface area contributed by atoms with Crippen LogP contribution in [0.25, 0.3) is 11.4 Å². The number of halogens is 3. The summed E-state index contributed by atoms with van der Waals surface area (Å²) in [6.45, 7) is 3.02. The van der Waals surface area contributed by atoms with Crippen LogP contribution in [0.4, 0.5) is 13.2 Å². The minimum absolute atomic E-state index is 0.205. The summed E-state index contributed by atoms with van der Waals surface area (Å²) in [4.78, 5) is 17.7. The van der Waals surface area contributed by atoms with Crippen LogP contribution in [0.3, 0.4) is 0 Å². The minimum atomic E-state index is -4.29. The second-order valence-electron chi connectivity index (χ2n) is 9.63. The third-order valence-electron chi connectivity index (χ3n) is 7.25. The molecule has 0 radical (unpaired) electrons. The van der Waals surface area contributed by atoms with Crippen LogP contribution in [0.1, 0.15) is 46.8 Å². The zero-order valence-corrected chi connectivity index (χ0v) is 20.6. The van der Waals surface area contributed by atoms with E-state index in [2.05, 4.69) is 20.1 Å². The molecule has 36 heavy (non-hydrogen) atoms. The quantitative estimate of drug-likeness (QED) is 0.354. The van der Waals surface area contributed by atoms with Gasteiger partial charge in [0.2, 0.25) is 0 Å². The Bertz CT molecular complexity index is 1240. The molecule has 2 atom stereocenters. The molecule has 2 aliphatic rings. The summed E-state index contributed by atoms with van der Waals surface area (Å²) >= 11 is 1.65. The summed E-state index contributed by atoms with van der Waals surface area (Å²) in [5.41, 5.74) is 6.88. The number of thioether (sulfide) groups is 1. The molecule has 1 aliphatic heterocycles. The Hall–Kier alpha value is -2.92.